The third kappa shape index (κ3) is 2.20. The Labute approximate surface area is 119 Å². The number of ketones is 1. The zero-order valence-electron chi connectivity index (χ0n) is 10.8. The van der Waals surface area contributed by atoms with E-state index in [9.17, 15) is 25.5 Å². The standard InChI is InChI=1S/C15H12O6/c16-8-4-11(18)9-6-13(20)15(21-14(9)5-8)7-1-2-10(17)12(19)3-7/h1-6,9,14H,(H4-,16,17,18,19,20)/p+1. The number of hydrogen-bond donors (Lipinski definition) is 5. The van der Waals surface area contributed by atoms with Crippen molar-refractivity contribution < 1.29 is 30.0 Å². The molecular formula is C15H13O6+. The van der Waals surface area contributed by atoms with E-state index in [-0.39, 0.29) is 34.6 Å². The lowest BCUT2D eigenvalue weighted by Crippen LogP contribution is -2.28. The quantitative estimate of drug-likeness (QED) is 0.401. The molecule has 6 nitrogen and oxygen atoms in total. The zero-order valence-corrected chi connectivity index (χ0v) is 10.8. The molecule has 0 amide bonds. The van der Waals surface area contributed by atoms with Gasteiger partial charge in [-0.2, -0.15) is 0 Å². The third-order valence-electron chi connectivity index (χ3n) is 3.39. The van der Waals surface area contributed by atoms with Gasteiger partial charge in [-0.15, -0.1) is 0 Å². The first kappa shape index (κ1) is 13.1. The average molecular weight is 289 g/mol. The number of phenolic OH excluding ortho intramolecular Hbond substituents is 2. The Morgan fingerprint density at radius 3 is 2.38 bits per heavy atom. The maximum Gasteiger partial charge on any atom is 0.392 e. The molecule has 0 radical (unpaired) electrons. The van der Waals surface area contributed by atoms with Gasteiger partial charge in [0.05, 0.1) is 11.6 Å². The van der Waals surface area contributed by atoms with Crippen LogP contribution >= 0.6 is 0 Å². The summed E-state index contributed by atoms with van der Waals surface area (Å²) < 4.78 is 5.59. The minimum Gasteiger partial charge on any atom is -0.511 e. The van der Waals surface area contributed by atoms with Crippen molar-refractivity contribution in [2.24, 2.45) is 5.92 Å². The molecule has 5 N–H and O–H groups in total. The highest BCUT2D eigenvalue weighted by atomic mass is 16.4. The van der Waals surface area contributed by atoms with E-state index in [2.05, 4.69) is 0 Å². The van der Waals surface area contributed by atoms with Crippen LogP contribution in [0.2, 0.25) is 0 Å². The molecule has 3 rings (SSSR count). The molecule has 0 aromatic heterocycles. The highest BCUT2D eigenvalue weighted by Gasteiger charge is 2.41. The average Bonchev–Trinajstić information content (AvgIpc) is 2.42. The number of aliphatic hydroxyl groups excluding tert-OH is 3. The number of allylic oxidation sites excluding steroid dienone is 2. The Hall–Kier alpha value is -2.89. The van der Waals surface area contributed by atoms with Crippen molar-refractivity contribution in [2.75, 3.05) is 0 Å². The predicted octanol–water partition coefficient (Wildman–Crippen LogP) is 2.15. The molecule has 0 bridgehead atoms. The Kier molecular flexibility index (Phi) is 2.86. The van der Waals surface area contributed by atoms with Gasteiger partial charge in [-0.3, -0.25) is 0 Å². The summed E-state index contributed by atoms with van der Waals surface area (Å²) in [5, 5.41) is 48.1. The number of hydrogen-bond acceptors (Lipinski definition) is 5. The van der Waals surface area contributed by atoms with Crippen molar-refractivity contribution in [3.63, 3.8) is 0 Å². The van der Waals surface area contributed by atoms with E-state index in [1.165, 1.54) is 36.4 Å². The minimum atomic E-state index is -0.670. The van der Waals surface area contributed by atoms with E-state index < -0.39 is 12.0 Å². The predicted molar refractivity (Wildman–Crippen MR) is 73.5 cm³/mol. The van der Waals surface area contributed by atoms with E-state index >= 15 is 0 Å². The number of rotatable bonds is 1. The van der Waals surface area contributed by atoms with Crippen LogP contribution < -0.4 is 0 Å². The van der Waals surface area contributed by atoms with Crippen LogP contribution in [0, 0.1) is 5.92 Å². The number of aliphatic hydroxyl groups is 3. The summed E-state index contributed by atoms with van der Waals surface area (Å²) >= 11 is 0. The Morgan fingerprint density at radius 2 is 1.67 bits per heavy atom. The second-order valence-corrected chi connectivity index (χ2v) is 4.85. The van der Waals surface area contributed by atoms with E-state index in [0.29, 0.717) is 5.56 Å². The van der Waals surface area contributed by atoms with Gasteiger partial charge in [-0.1, -0.05) is 0 Å². The highest BCUT2D eigenvalue weighted by Crippen LogP contribution is 2.32. The smallest absolute Gasteiger partial charge is 0.392 e. The van der Waals surface area contributed by atoms with Crippen LogP contribution in [0.3, 0.4) is 0 Å². The lowest BCUT2D eigenvalue weighted by molar-refractivity contribution is -0.322. The molecule has 108 valence electrons. The third-order valence-corrected chi connectivity index (χ3v) is 3.39. The monoisotopic (exact) mass is 289 g/mol. The van der Waals surface area contributed by atoms with Crippen molar-refractivity contribution in [1.29, 1.82) is 0 Å². The summed E-state index contributed by atoms with van der Waals surface area (Å²) in [5.74, 6) is -1.57. The SMILES string of the molecule is OC1=CC2[O+]=C(c3ccc(O)c(O)c3)C(O)=CC2C(O)=C1. The number of aromatic hydroxyl groups is 2. The molecule has 2 aliphatic rings. The van der Waals surface area contributed by atoms with Crippen molar-refractivity contribution in [1.82, 2.24) is 0 Å². The van der Waals surface area contributed by atoms with E-state index in [4.69, 9.17) is 4.42 Å². The van der Waals surface area contributed by atoms with Crippen LogP contribution in [0.1, 0.15) is 9.99 Å². The van der Waals surface area contributed by atoms with Gasteiger partial charge in [0.25, 0.3) is 0 Å². The van der Waals surface area contributed by atoms with Gasteiger partial charge in [0.1, 0.15) is 17.4 Å². The normalized spacial score (nSPS) is 24.4. The largest absolute Gasteiger partial charge is 0.511 e. The molecular weight excluding hydrogens is 276 g/mol. The first-order chi connectivity index (χ1) is 9.95. The van der Waals surface area contributed by atoms with Crippen molar-refractivity contribution in [3.05, 3.63) is 59.3 Å². The lowest BCUT2D eigenvalue weighted by Gasteiger charge is -2.18. The molecule has 1 aliphatic heterocycles. The maximum absolute atomic E-state index is 10.0. The summed E-state index contributed by atoms with van der Waals surface area (Å²) in [4.78, 5) is 0. The van der Waals surface area contributed by atoms with Crippen molar-refractivity contribution >= 4 is 5.78 Å². The molecule has 0 saturated carbocycles. The van der Waals surface area contributed by atoms with E-state index in [1.54, 1.807) is 0 Å². The molecule has 2 unspecified atom stereocenters. The van der Waals surface area contributed by atoms with E-state index in [1.807, 2.05) is 0 Å². The van der Waals surface area contributed by atoms with Crippen molar-refractivity contribution in [2.45, 2.75) is 6.10 Å². The maximum atomic E-state index is 10.0. The van der Waals surface area contributed by atoms with Gasteiger partial charge in [0, 0.05) is 12.1 Å². The van der Waals surface area contributed by atoms with Crippen LogP contribution in [-0.4, -0.2) is 37.4 Å². The number of phenols is 2. The second kappa shape index (κ2) is 4.59. The van der Waals surface area contributed by atoms with Crippen LogP contribution in [0.5, 0.6) is 11.5 Å². The van der Waals surface area contributed by atoms with E-state index in [0.717, 1.165) is 0 Å². The Balaban J connectivity index is 2.04. The molecule has 1 aromatic carbocycles. The fourth-order valence-electron chi connectivity index (χ4n) is 2.35. The Morgan fingerprint density at radius 1 is 0.905 bits per heavy atom. The zero-order chi connectivity index (χ0) is 15.1. The Bertz CT molecular complexity index is 726. The molecule has 0 spiro atoms. The van der Waals surface area contributed by atoms with Crippen molar-refractivity contribution in [3.8, 4) is 11.5 Å². The molecule has 21 heavy (non-hydrogen) atoms. The summed E-state index contributed by atoms with van der Waals surface area (Å²) in [6, 6.07) is 3.99. The summed E-state index contributed by atoms with van der Waals surface area (Å²) in [6.45, 7) is 0. The molecule has 1 aromatic rings. The molecule has 0 saturated heterocycles. The van der Waals surface area contributed by atoms with Crippen LogP contribution in [-0.2, 0) is 0 Å². The lowest BCUT2D eigenvalue weighted by atomic mass is 9.91. The molecule has 6 heteroatoms. The van der Waals surface area contributed by atoms with Gasteiger partial charge < -0.3 is 25.5 Å². The van der Waals surface area contributed by atoms with Gasteiger partial charge in [-0.05, 0) is 18.2 Å². The van der Waals surface area contributed by atoms with Gasteiger partial charge in [-0.25, -0.2) is 4.42 Å². The summed E-state index contributed by atoms with van der Waals surface area (Å²) in [7, 11) is 0. The highest BCUT2D eigenvalue weighted by molar-refractivity contribution is 6.08. The molecule has 1 heterocycles. The van der Waals surface area contributed by atoms with Crippen LogP contribution in [0.25, 0.3) is 0 Å². The van der Waals surface area contributed by atoms with Crippen LogP contribution in [0.15, 0.2) is 53.7 Å². The van der Waals surface area contributed by atoms with Crippen LogP contribution in [0.4, 0.5) is 0 Å². The number of carbonyl (C=O) groups excluding carboxylic acids is 1. The molecule has 2 atom stereocenters. The summed E-state index contributed by atoms with van der Waals surface area (Å²) in [5.41, 5.74) is 0.361. The molecule has 1 aliphatic carbocycles. The van der Waals surface area contributed by atoms with Gasteiger partial charge in [0.2, 0.25) is 5.76 Å². The summed E-state index contributed by atoms with van der Waals surface area (Å²) in [6.07, 6.45) is 3.33. The fraction of sp³-hybridized carbons (Fsp3) is 0.133. The fourth-order valence-corrected chi connectivity index (χ4v) is 2.35. The van der Waals surface area contributed by atoms with Gasteiger partial charge >= 0.3 is 11.9 Å². The first-order valence-corrected chi connectivity index (χ1v) is 6.24. The number of fused-ring (bicyclic) bond motifs is 1. The first-order valence-electron chi connectivity index (χ1n) is 6.24. The minimum absolute atomic E-state index is 0.0882. The molecule has 0 fully saturated rings. The number of benzene rings is 1. The van der Waals surface area contributed by atoms with Gasteiger partial charge in [0.15, 0.2) is 11.5 Å². The topological polar surface area (TPSA) is 112 Å². The second-order valence-electron chi connectivity index (χ2n) is 4.85.